The number of hydrogen-bond acceptors (Lipinski definition) is 5. The molecule has 0 spiro atoms. The fourth-order valence-electron chi connectivity index (χ4n) is 1.23. The highest BCUT2D eigenvalue weighted by Crippen LogP contribution is 2.11. The van der Waals surface area contributed by atoms with Crippen LogP contribution in [0.25, 0.3) is 0 Å². The Hall–Kier alpha value is -0.960. The van der Waals surface area contributed by atoms with Crippen LogP contribution < -0.4 is 10.0 Å². The number of hydrogen-bond donors (Lipinski definition) is 3. The predicted octanol–water partition coefficient (Wildman–Crippen LogP) is -0.558. The Morgan fingerprint density at radius 1 is 1.59 bits per heavy atom. The molecule has 0 aliphatic heterocycles. The summed E-state index contributed by atoms with van der Waals surface area (Å²) < 4.78 is 31.3. The first kappa shape index (κ1) is 14.1. The number of rotatable bonds is 7. The summed E-state index contributed by atoms with van der Waals surface area (Å²) in [5, 5.41) is 9.20. The minimum absolute atomic E-state index is 0.0927. The number of H-pyrrole nitrogens is 1. The van der Waals surface area contributed by atoms with Gasteiger partial charge in [0, 0.05) is 25.8 Å². The molecule has 0 radical (unpaired) electrons. The zero-order valence-electron chi connectivity index (χ0n) is 10.1. The van der Waals surface area contributed by atoms with E-state index in [1.807, 2.05) is 0 Å². The summed E-state index contributed by atoms with van der Waals surface area (Å²) in [5.41, 5.74) is 0.602. The number of aromatic nitrogens is 2. The van der Waals surface area contributed by atoms with Crippen LogP contribution in [0.5, 0.6) is 0 Å². The van der Waals surface area contributed by atoms with E-state index < -0.39 is 10.0 Å². The maximum atomic E-state index is 11.9. The number of nitrogens with one attached hydrogen (secondary N) is 3. The third-order valence-electron chi connectivity index (χ3n) is 2.28. The van der Waals surface area contributed by atoms with Gasteiger partial charge in [0.1, 0.15) is 0 Å². The van der Waals surface area contributed by atoms with E-state index in [2.05, 4.69) is 20.2 Å². The first-order chi connectivity index (χ1) is 8.01. The van der Waals surface area contributed by atoms with Crippen LogP contribution in [-0.2, 0) is 21.3 Å². The van der Waals surface area contributed by atoms with E-state index in [9.17, 15) is 8.42 Å². The van der Waals surface area contributed by atoms with Gasteiger partial charge in [0.25, 0.3) is 10.0 Å². The first-order valence-electron chi connectivity index (χ1n) is 5.20. The zero-order valence-corrected chi connectivity index (χ0v) is 11.0. The molecule has 1 aromatic rings. The standard InChI is InChI=1S/C9H18N4O3S/c1-7(16-3)4-12-17(14,15)9-8(5-10-2)6-11-13-9/h6-7,10,12H,4-5H2,1-3H3,(H,11,13). The summed E-state index contributed by atoms with van der Waals surface area (Å²) in [4.78, 5) is 0. The summed E-state index contributed by atoms with van der Waals surface area (Å²) >= 11 is 0. The molecule has 0 bridgehead atoms. The monoisotopic (exact) mass is 262 g/mol. The molecule has 1 atom stereocenters. The summed E-state index contributed by atoms with van der Waals surface area (Å²) in [6, 6.07) is 0. The Bertz CT molecular complexity index is 443. The van der Waals surface area contributed by atoms with Crippen molar-refractivity contribution < 1.29 is 13.2 Å². The van der Waals surface area contributed by atoms with Gasteiger partial charge in [-0.3, -0.25) is 5.10 Å². The highest BCUT2D eigenvalue weighted by atomic mass is 32.2. The van der Waals surface area contributed by atoms with Crippen molar-refractivity contribution in [3.8, 4) is 0 Å². The van der Waals surface area contributed by atoms with E-state index in [0.29, 0.717) is 12.1 Å². The molecular formula is C9H18N4O3S. The second-order valence-electron chi connectivity index (χ2n) is 3.65. The van der Waals surface area contributed by atoms with Gasteiger partial charge in [0.15, 0.2) is 5.03 Å². The van der Waals surface area contributed by atoms with E-state index in [1.54, 1.807) is 14.0 Å². The lowest BCUT2D eigenvalue weighted by Gasteiger charge is -2.11. The first-order valence-corrected chi connectivity index (χ1v) is 6.69. The molecule has 0 fully saturated rings. The maximum absolute atomic E-state index is 11.9. The molecule has 3 N–H and O–H groups in total. The largest absolute Gasteiger partial charge is 0.380 e. The molecule has 0 aromatic carbocycles. The molecule has 1 unspecified atom stereocenters. The van der Waals surface area contributed by atoms with Gasteiger partial charge in [-0.1, -0.05) is 0 Å². The molecule has 1 heterocycles. The van der Waals surface area contributed by atoms with Crippen LogP contribution in [0.2, 0.25) is 0 Å². The van der Waals surface area contributed by atoms with Gasteiger partial charge in [-0.25, -0.2) is 13.1 Å². The molecule has 1 rings (SSSR count). The molecule has 98 valence electrons. The average Bonchev–Trinajstić information content (AvgIpc) is 2.75. The summed E-state index contributed by atoms with van der Waals surface area (Å²) in [7, 11) is -0.294. The lowest BCUT2D eigenvalue weighted by Crippen LogP contribution is -2.32. The van der Waals surface area contributed by atoms with Crippen LogP contribution in [-0.4, -0.2) is 45.4 Å². The van der Waals surface area contributed by atoms with Crippen molar-refractivity contribution in [2.75, 3.05) is 20.7 Å². The fourth-order valence-corrected chi connectivity index (χ4v) is 2.47. The molecular weight excluding hydrogens is 244 g/mol. The third-order valence-corrected chi connectivity index (χ3v) is 3.71. The molecule has 0 aliphatic rings. The molecule has 17 heavy (non-hydrogen) atoms. The smallest absolute Gasteiger partial charge is 0.257 e. The Labute approximate surface area is 101 Å². The van der Waals surface area contributed by atoms with Crippen molar-refractivity contribution in [2.45, 2.75) is 24.6 Å². The van der Waals surface area contributed by atoms with E-state index in [1.165, 1.54) is 13.3 Å². The molecule has 8 heteroatoms. The number of methoxy groups -OCH3 is 1. The van der Waals surface area contributed by atoms with E-state index in [-0.39, 0.29) is 17.7 Å². The van der Waals surface area contributed by atoms with Gasteiger partial charge in [0.05, 0.1) is 12.3 Å². The van der Waals surface area contributed by atoms with Crippen molar-refractivity contribution in [2.24, 2.45) is 0 Å². The van der Waals surface area contributed by atoms with Crippen molar-refractivity contribution in [1.82, 2.24) is 20.2 Å². The van der Waals surface area contributed by atoms with Crippen molar-refractivity contribution in [3.05, 3.63) is 11.8 Å². The van der Waals surface area contributed by atoms with Gasteiger partial charge in [-0.05, 0) is 14.0 Å². The average molecular weight is 262 g/mol. The predicted molar refractivity (Wildman–Crippen MR) is 63.0 cm³/mol. The second-order valence-corrected chi connectivity index (χ2v) is 5.36. The van der Waals surface area contributed by atoms with E-state index >= 15 is 0 Å². The van der Waals surface area contributed by atoms with Crippen molar-refractivity contribution >= 4 is 10.0 Å². The number of aromatic amines is 1. The van der Waals surface area contributed by atoms with Crippen LogP contribution in [0.1, 0.15) is 12.5 Å². The lowest BCUT2D eigenvalue weighted by atomic mass is 10.4. The number of sulfonamides is 1. The third kappa shape index (κ3) is 3.77. The Kier molecular flexibility index (Phi) is 5.06. The molecule has 0 amide bonds. The van der Waals surface area contributed by atoms with Gasteiger partial charge >= 0.3 is 0 Å². The van der Waals surface area contributed by atoms with Gasteiger partial charge in [-0.2, -0.15) is 5.10 Å². The molecule has 0 aliphatic carbocycles. The molecule has 7 nitrogen and oxygen atoms in total. The SMILES string of the molecule is CNCc1cn[nH]c1S(=O)(=O)NCC(C)OC. The van der Waals surface area contributed by atoms with Gasteiger partial charge in [0.2, 0.25) is 0 Å². The maximum Gasteiger partial charge on any atom is 0.257 e. The second kappa shape index (κ2) is 6.10. The topological polar surface area (TPSA) is 96.1 Å². The minimum Gasteiger partial charge on any atom is -0.380 e. The van der Waals surface area contributed by atoms with E-state index in [0.717, 1.165) is 0 Å². The highest BCUT2D eigenvalue weighted by Gasteiger charge is 2.20. The normalized spacial score (nSPS) is 13.8. The Morgan fingerprint density at radius 2 is 2.29 bits per heavy atom. The Balaban J connectivity index is 2.78. The van der Waals surface area contributed by atoms with Crippen LogP contribution in [0.3, 0.4) is 0 Å². The summed E-state index contributed by atoms with van der Waals surface area (Å²) in [6.45, 7) is 2.44. The van der Waals surface area contributed by atoms with Gasteiger partial charge in [-0.15, -0.1) is 0 Å². The molecule has 1 aromatic heterocycles. The molecule has 0 saturated heterocycles. The number of ether oxygens (including phenoxy) is 1. The number of nitrogens with zero attached hydrogens (tertiary/aromatic N) is 1. The minimum atomic E-state index is -3.56. The van der Waals surface area contributed by atoms with Crippen LogP contribution >= 0.6 is 0 Å². The summed E-state index contributed by atoms with van der Waals surface area (Å²) in [5.74, 6) is 0. The fraction of sp³-hybridized carbons (Fsp3) is 0.667. The quantitative estimate of drug-likeness (QED) is 0.612. The van der Waals surface area contributed by atoms with Gasteiger partial charge < -0.3 is 10.1 Å². The summed E-state index contributed by atoms with van der Waals surface area (Å²) in [6.07, 6.45) is 1.31. The van der Waals surface area contributed by atoms with Crippen LogP contribution in [0, 0.1) is 0 Å². The van der Waals surface area contributed by atoms with E-state index in [4.69, 9.17) is 4.74 Å². The zero-order chi connectivity index (χ0) is 12.9. The lowest BCUT2D eigenvalue weighted by molar-refractivity contribution is 0.122. The Morgan fingerprint density at radius 3 is 2.88 bits per heavy atom. The van der Waals surface area contributed by atoms with Crippen LogP contribution in [0.15, 0.2) is 11.2 Å². The molecule has 0 saturated carbocycles. The van der Waals surface area contributed by atoms with Crippen LogP contribution in [0.4, 0.5) is 0 Å². The van der Waals surface area contributed by atoms with Crippen molar-refractivity contribution in [1.29, 1.82) is 0 Å². The van der Waals surface area contributed by atoms with Crippen molar-refractivity contribution in [3.63, 3.8) is 0 Å². The highest BCUT2D eigenvalue weighted by molar-refractivity contribution is 7.89.